The van der Waals surface area contributed by atoms with E-state index in [9.17, 15) is 9.59 Å². The van der Waals surface area contributed by atoms with Gasteiger partial charge in [0, 0.05) is 16.1 Å². The SMILES string of the molecule is Cc1onc(-c2ccc(Cl)cc2)c1C(=O)n1c(SC(=O)c2c(-c3ccccc3Cl)noc2C)nc2ccccc21. The largest absolute Gasteiger partial charge is 0.360 e. The van der Waals surface area contributed by atoms with Crippen LogP contribution in [0.1, 0.15) is 32.2 Å². The molecule has 0 fully saturated rings. The second kappa shape index (κ2) is 10.4. The number of carbonyl (C=O) groups excluding carboxylic acids is 2. The van der Waals surface area contributed by atoms with Crippen molar-refractivity contribution in [3.63, 3.8) is 0 Å². The number of fused-ring (bicyclic) bond motifs is 1. The number of imidazole rings is 1. The number of hydrogen-bond donors (Lipinski definition) is 0. The molecular weight excluding hydrogens is 571 g/mol. The Morgan fingerprint density at radius 1 is 0.800 bits per heavy atom. The Labute approximate surface area is 241 Å². The molecule has 0 N–H and O–H groups in total. The summed E-state index contributed by atoms with van der Waals surface area (Å²) in [6.45, 7) is 3.31. The number of hydrogen-bond acceptors (Lipinski definition) is 8. The van der Waals surface area contributed by atoms with E-state index in [2.05, 4.69) is 15.3 Å². The van der Waals surface area contributed by atoms with Gasteiger partial charge in [-0.05, 0) is 55.9 Å². The molecule has 6 aromatic rings. The van der Waals surface area contributed by atoms with Gasteiger partial charge in [0.15, 0.2) is 5.16 Å². The summed E-state index contributed by atoms with van der Waals surface area (Å²) in [5.74, 6) is 0.202. The van der Waals surface area contributed by atoms with E-state index in [-0.39, 0.29) is 16.3 Å². The van der Waals surface area contributed by atoms with E-state index in [1.165, 1.54) is 4.57 Å². The molecule has 0 aliphatic heterocycles. The van der Waals surface area contributed by atoms with Gasteiger partial charge in [-0.25, -0.2) is 4.98 Å². The monoisotopic (exact) mass is 588 g/mol. The van der Waals surface area contributed by atoms with Crippen LogP contribution in [0.3, 0.4) is 0 Å². The third kappa shape index (κ3) is 4.52. The summed E-state index contributed by atoms with van der Waals surface area (Å²) in [4.78, 5) is 32.5. The smallest absolute Gasteiger partial charge is 0.270 e. The molecule has 6 rings (SSSR count). The number of para-hydroxylation sites is 2. The van der Waals surface area contributed by atoms with E-state index >= 15 is 0 Å². The average Bonchev–Trinajstić information content (AvgIpc) is 3.63. The van der Waals surface area contributed by atoms with Gasteiger partial charge in [-0.3, -0.25) is 14.2 Å². The fourth-order valence-electron chi connectivity index (χ4n) is 4.39. The highest BCUT2D eigenvalue weighted by Crippen LogP contribution is 2.36. The number of aryl methyl sites for hydroxylation is 2. The molecule has 11 heteroatoms. The minimum Gasteiger partial charge on any atom is -0.360 e. The Bertz CT molecular complexity index is 1920. The molecule has 3 heterocycles. The van der Waals surface area contributed by atoms with Crippen molar-refractivity contribution in [1.82, 2.24) is 19.9 Å². The van der Waals surface area contributed by atoms with Crippen molar-refractivity contribution < 1.29 is 18.6 Å². The van der Waals surface area contributed by atoms with Gasteiger partial charge in [-0.1, -0.05) is 76.0 Å². The van der Waals surface area contributed by atoms with E-state index in [0.29, 0.717) is 55.1 Å². The maximum atomic E-state index is 14.2. The van der Waals surface area contributed by atoms with Crippen molar-refractivity contribution in [3.8, 4) is 22.5 Å². The fraction of sp³-hybridized carbons (Fsp3) is 0.0690. The zero-order chi connectivity index (χ0) is 28.0. The Balaban J connectivity index is 1.45. The van der Waals surface area contributed by atoms with Gasteiger partial charge in [0.2, 0.25) is 5.12 Å². The number of carbonyl (C=O) groups is 2. The predicted molar refractivity (Wildman–Crippen MR) is 153 cm³/mol. The first-order chi connectivity index (χ1) is 19.3. The van der Waals surface area contributed by atoms with Crippen molar-refractivity contribution >= 4 is 57.0 Å². The van der Waals surface area contributed by atoms with Crippen LogP contribution in [0.5, 0.6) is 0 Å². The Hall–Kier alpha value is -4.18. The maximum Gasteiger partial charge on any atom is 0.270 e. The zero-order valence-electron chi connectivity index (χ0n) is 21.0. The number of nitrogens with zero attached hydrogens (tertiary/aromatic N) is 4. The molecule has 0 atom stereocenters. The van der Waals surface area contributed by atoms with Crippen LogP contribution in [0.25, 0.3) is 33.5 Å². The molecule has 198 valence electrons. The molecule has 3 aromatic carbocycles. The van der Waals surface area contributed by atoms with E-state index in [1.807, 2.05) is 6.07 Å². The lowest BCUT2D eigenvalue weighted by Gasteiger charge is -2.08. The Morgan fingerprint density at radius 3 is 2.20 bits per heavy atom. The highest BCUT2D eigenvalue weighted by molar-refractivity contribution is 8.14. The summed E-state index contributed by atoms with van der Waals surface area (Å²) < 4.78 is 12.2. The first-order valence-electron chi connectivity index (χ1n) is 12.0. The number of aromatic nitrogens is 4. The molecule has 40 heavy (non-hydrogen) atoms. The van der Waals surface area contributed by atoms with Crippen molar-refractivity contribution in [1.29, 1.82) is 0 Å². The summed E-state index contributed by atoms with van der Waals surface area (Å²) >= 11 is 13.2. The van der Waals surface area contributed by atoms with Crippen LogP contribution in [0.4, 0.5) is 0 Å². The van der Waals surface area contributed by atoms with Gasteiger partial charge in [-0.15, -0.1) is 0 Å². The number of halogens is 2. The van der Waals surface area contributed by atoms with E-state index in [1.54, 1.807) is 80.6 Å². The summed E-state index contributed by atoms with van der Waals surface area (Å²) in [6, 6.07) is 21.1. The van der Waals surface area contributed by atoms with E-state index < -0.39 is 11.0 Å². The van der Waals surface area contributed by atoms with E-state index in [4.69, 9.17) is 32.2 Å². The van der Waals surface area contributed by atoms with Gasteiger partial charge < -0.3 is 9.05 Å². The average molecular weight is 589 g/mol. The van der Waals surface area contributed by atoms with Crippen LogP contribution < -0.4 is 0 Å². The molecule has 3 aromatic heterocycles. The summed E-state index contributed by atoms with van der Waals surface area (Å²) in [6.07, 6.45) is 0. The lowest BCUT2D eigenvalue weighted by molar-refractivity contribution is 0.0954. The lowest BCUT2D eigenvalue weighted by Crippen LogP contribution is -2.15. The van der Waals surface area contributed by atoms with Gasteiger partial charge in [0.25, 0.3) is 5.91 Å². The van der Waals surface area contributed by atoms with Gasteiger partial charge in [0.05, 0.1) is 21.6 Å². The molecular formula is C29H18Cl2N4O4S. The summed E-state index contributed by atoms with van der Waals surface area (Å²) in [5.41, 5.74) is 3.45. The standard InChI is InChI=1S/C29H18Cl2N4O4S/c1-15-23(25(33-38-15)17-11-13-18(30)14-12-17)27(36)35-22-10-6-5-9-21(22)32-29(35)40-28(37)24-16(2)39-34-26(24)19-7-3-4-8-20(19)31/h3-14H,1-2H3. The van der Waals surface area contributed by atoms with Gasteiger partial charge in [0.1, 0.15) is 28.5 Å². The number of rotatable bonds is 5. The molecule has 0 saturated heterocycles. The molecule has 0 spiro atoms. The molecule has 0 unspecified atom stereocenters. The van der Waals surface area contributed by atoms with Crippen LogP contribution >= 0.6 is 35.0 Å². The molecule has 0 aliphatic carbocycles. The van der Waals surface area contributed by atoms with Crippen LogP contribution in [0.15, 0.2) is 87.0 Å². The second-order valence-corrected chi connectivity index (χ2v) is 10.6. The minimum atomic E-state index is -0.443. The summed E-state index contributed by atoms with van der Waals surface area (Å²) in [5, 5.41) is 8.98. The van der Waals surface area contributed by atoms with Crippen LogP contribution in [-0.4, -0.2) is 30.9 Å². The molecule has 0 amide bonds. The van der Waals surface area contributed by atoms with Gasteiger partial charge in [-0.2, -0.15) is 0 Å². The first-order valence-corrected chi connectivity index (χ1v) is 13.6. The second-order valence-electron chi connectivity index (χ2n) is 8.82. The van der Waals surface area contributed by atoms with Crippen LogP contribution in [-0.2, 0) is 0 Å². The first kappa shape index (κ1) is 26.1. The third-order valence-corrected chi connectivity index (χ3v) is 7.73. The zero-order valence-corrected chi connectivity index (χ0v) is 23.3. The quantitative estimate of drug-likeness (QED) is 0.187. The van der Waals surface area contributed by atoms with Crippen molar-refractivity contribution in [2.24, 2.45) is 0 Å². The normalized spacial score (nSPS) is 11.3. The predicted octanol–water partition coefficient (Wildman–Crippen LogP) is 7.89. The Kier molecular flexibility index (Phi) is 6.79. The minimum absolute atomic E-state index is 0.171. The van der Waals surface area contributed by atoms with Crippen molar-refractivity contribution in [2.45, 2.75) is 19.0 Å². The molecule has 0 saturated carbocycles. The lowest BCUT2D eigenvalue weighted by atomic mass is 10.1. The maximum absolute atomic E-state index is 14.2. The van der Waals surface area contributed by atoms with Crippen molar-refractivity contribution in [2.75, 3.05) is 0 Å². The van der Waals surface area contributed by atoms with Crippen molar-refractivity contribution in [3.05, 3.63) is 105 Å². The topological polar surface area (TPSA) is 104 Å². The molecule has 8 nitrogen and oxygen atoms in total. The number of thioether (sulfide) groups is 1. The number of benzene rings is 3. The van der Waals surface area contributed by atoms with Crippen LogP contribution in [0, 0.1) is 13.8 Å². The van der Waals surface area contributed by atoms with E-state index in [0.717, 1.165) is 11.8 Å². The van der Waals surface area contributed by atoms with Gasteiger partial charge >= 0.3 is 0 Å². The highest BCUT2D eigenvalue weighted by atomic mass is 35.5. The fourth-order valence-corrected chi connectivity index (χ4v) is 5.67. The molecule has 0 aliphatic rings. The third-order valence-electron chi connectivity index (χ3n) is 6.31. The Morgan fingerprint density at radius 2 is 1.45 bits per heavy atom. The molecule has 0 bridgehead atoms. The van der Waals surface area contributed by atoms with Crippen LogP contribution in [0.2, 0.25) is 10.0 Å². The summed E-state index contributed by atoms with van der Waals surface area (Å²) in [7, 11) is 0. The highest BCUT2D eigenvalue weighted by Gasteiger charge is 2.30. The molecule has 0 radical (unpaired) electrons.